The van der Waals surface area contributed by atoms with Gasteiger partial charge in [-0.05, 0) is 39.0 Å². The summed E-state index contributed by atoms with van der Waals surface area (Å²) in [4.78, 5) is 0. The van der Waals surface area contributed by atoms with E-state index < -0.39 is 0 Å². The lowest BCUT2D eigenvalue weighted by Crippen LogP contribution is -2.40. The molecule has 0 aliphatic carbocycles. The van der Waals surface area contributed by atoms with Gasteiger partial charge in [0.25, 0.3) is 0 Å². The normalized spacial score (nSPS) is 22.9. The standard InChI is InChI=1S/C19H37N/c1-3-4-5-6-7-8-9-10-11-12-13-16-19-17-14-15-18(2)20-19/h3,18-20H,1,4-17H2,2H3/t18-,19-/m0/s1. The Balaban J connectivity index is 1.77. The number of hydrogen-bond acceptors (Lipinski definition) is 1. The zero-order valence-corrected chi connectivity index (χ0v) is 13.8. The SMILES string of the molecule is C=CCCCCCCCCCCC[C@H]1CCC[C@H](C)N1. The first-order valence-corrected chi connectivity index (χ1v) is 9.20. The van der Waals surface area contributed by atoms with Crippen LogP contribution >= 0.6 is 0 Å². The average Bonchev–Trinajstić information content (AvgIpc) is 2.45. The van der Waals surface area contributed by atoms with Gasteiger partial charge < -0.3 is 5.32 Å². The Morgan fingerprint density at radius 3 is 2.10 bits per heavy atom. The number of rotatable bonds is 12. The quantitative estimate of drug-likeness (QED) is 0.341. The zero-order chi connectivity index (χ0) is 14.5. The van der Waals surface area contributed by atoms with Crippen LogP contribution in [0.5, 0.6) is 0 Å². The molecule has 1 saturated heterocycles. The molecule has 0 amide bonds. The van der Waals surface area contributed by atoms with Gasteiger partial charge >= 0.3 is 0 Å². The molecule has 1 heteroatoms. The molecule has 1 rings (SSSR count). The van der Waals surface area contributed by atoms with Crippen molar-refractivity contribution in [3.8, 4) is 0 Å². The fourth-order valence-electron chi connectivity index (χ4n) is 3.38. The Kier molecular flexibility index (Phi) is 11.0. The molecule has 118 valence electrons. The first-order valence-electron chi connectivity index (χ1n) is 9.20. The Bertz CT molecular complexity index is 224. The van der Waals surface area contributed by atoms with Crippen molar-refractivity contribution >= 4 is 0 Å². The molecule has 20 heavy (non-hydrogen) atoms. The van der Waals surface area contributed by atoms with Gasteiger partial charge in [-0.15, -0.1) is 6.58 Å². The van der Waals surface area contributed by atoms with Gasteiger partial charge in [-0.2, -0.15) is 0 Å². The van der Waals surface area contributed by atoms with E-state index in [0.29, 0.717) is 0 Å². The minimum Gasteiger partial charge on any atom is -0.312 e. The van der Waals surface area contributed by atoms with Crippen LogP contribution in [0.4, 0.5) is 0 Å². The van der Waals surface area contributed by atoms with E-state index in [1.54, 1.807) is 0 Å². The minimum atomic E-state index is 0.759. The van der Waals surface area contributed by atoms with Crippen molar-refractivity contribution in [1.29, 1.82) is 0 Å². The van der Waals surface area contributed by atoms with Crippen molar-refractivity contribution in [1.82, 2.24) is 5.32 Å². The number of piperidine rings is 1. The second-order valence-electron chi connectivity index (χ2n) is 6.74. The monoisotopic (exact) mass is 279 g/mol. The topological polar surface area (TPSA) is 12.0 Å². The minimum absolute atomic E-state index is 0.759. The van der Waals surface area contributed by atoms with Crippen LogP contribution in [0.2, 0.25) is 0 Å². The van der Waals surface area contributed by atoms with E-state index in [1.165, 1.54) is 89.9 Å². The smallest absolute Gasteiger partial charge is 0.00695 e. The van der Waals surface area contributed by atoms with Gasteiger partial charge in [0.2, 0.25) is 0 Å². The number of hydrogen-bond donors (Lipinski definition) is 1. The van der Waals surface area contributed by atoms with E-state index in [4.69, 9.17) is 0 Å². The van der Waals surface area contributed by atoms with Crippen LogP contribution in [0.3, 0.4) is 0 Å². The van der Waals surface area contributed by atoms with E-state index in [9.17, 15) is 0 Å². The van der Waals surface area contributed by atoms with Gasteiger partial charge in [-0.25, -0.2) is 0 Å². The Hall–Kier alpha value is -0.300. The van der Waals surface area contributed by atoms with Crippen molar-refractivity contribution in [2.45, 2.75) is 109 Å². The van der Waals surface area contributed by atoms with Crippen LogP contribution in [-0.2, 0) is 0 Å². The predicted molar refractivity (Wildman–Crippen MR) is 91.2 cm³/mol. The van der Waals surface area contributed by atoms with Gasteiger partial charge in [-0.1, -0.05) is 63.9 Å². The van der Waals surface area contributed by atoms with Crippen LogP contribution in [0.25, 0.3) is 0 Å². The lowest BCUT2D eigenvalue weighted by atomic mass is 9.95. The highest BCUT2D eigenvalue weighted by molar-refractivity contribution is 4.77. The fraction of sp³-hybridized carbons (Fsp3) is 0.895. The molecule has 0 aromatic heterocycles. The third-order valence-corrected chi connectivity index (χ3v) is 4.67. The molecule has 0 unspecified atom stereocenters. The zero-order valence-electron chi connectivity index (χ0n) is 13.8. The molecule has 1 nitrogen and oxygen atoms in total. The second kappa shape index (κ2) is 12.4. The van der Waals surface area contributed by atoms with Crippen LogP contribution in [-0.4, -0.2) is 12.1 Å². The summed E-state index contributed by atoms with van der Waals surface area (Å²) in [6, 6.07) is 1.58. The highest BCUT2D eigenvalue weighted by atomic mass is 15.0. The maximum atomic E-state index is 3.77. The molecule has 0 bridgehead atoms. The largest absolute Gasteiger partial charge is 0.312 e. The van der Waals surface area contributed by atoms with Crippen LogP contribution in [0.1, 0.15) is 96.8 Å². The van der Waals surface area contributed by atoms with E-state index in [0.717, 1.165) is 12.1 Å². The maximum absolute atomic E-state index is 3.77. The molecule has 1 aliphatic heterocycles. The lowest BCUT2D eigenvalue weighted by molar-refractivity contribution is 0.314. The second-order valence-corrected chi connectivity index (χ2v) is 6.74. The summed E-state index contributed by atoms with van der Waals surface area (Å²) >= 11 is 0. The van der Waals surface area contributed by atoms with E-state index in [2.05, 4.69) is 18.8 Å². The Morgan fingerprint density at radius 1 is 0.900 bits per heavy atom. The average molecular weight is 280 g/mol. The van der Waals surface area contributed by atoms with Crippen molar-refractivity contribution in [3.05, 3.63) is 12.7 Å². The van der Waals surface area contributed by atoms with E-state index >= 15 is 0 Å². The third-order valence-electron chi connectivity index (χ3n) is 4.67. The number of allylic oxidation sites excluding steroid dienone is 1. The van der Waals surface area contributed by atoms with Gasteiger partial charge in [-0.3, -0.25) is 0 Å². The summed E-state index contributed by atoms with van der Waals surface area (Å²) in [6.07, 6.45) is 21.7. The lowest BCUT2D eigenvalue weighted by Gasteiger charge is -2.28. The molecule has 0 spiro atoms. The van der Waals surface area contributed by atoms with Gasteiger partial charge in [0.15, 0.2) is 0 Å². The summed E-state index contributed by atoms with van der Waals surface area (Å²) in [6.45, 7) is 6.10. The molecule has 2 atom stereocenters. The summed E-state index contributed by atoms with van der Waals surface area (Å²) < 4.78 is 0. The van der Waals surface area contributed by atoms with Crippen molar-refractivity contribution in [2.75, 3.05) is 0 Å². The van der Waals surface area contributed by atoms with E-state index in [1.807, 2.05) is 6.08 Å². The highest BCUT2D eigenvalue weighted by Crippen LogP contribution is 2.18. The van der Waals surface area contributed by atoms with Crippen molar-refractivity contribution in [2.24, 2.45) is 0 Å². The maximum Gasteiger partial charge on any atom is 0.00695 e. The first kappa shape index (κ1) is 17.8. The number of unbranched alkanes of at least 4 members (excludes halogenated alkanes) is 9. The van der Waals surface area contributed by atoms with Gasteiger partial charge in [0.1, 0.15) is 0 Å². The van der Waals surface area contributed by atoms with Crippen LogP contribution in [0, 0.1) is 0 Å². The molecule has 0 aromatic rings. The predicted octanol–water partition coefficient (Wildman–Crippen LogP) is 5.99. The molecule has 1 aliphatic rings. The molecular weight excluding hydrogens is 242 g/mol. The highest BCUT2D eigenvalue weighted by Gasteiger charge is 2.16. The molecule has 0 saturated carbocycles. The molecule has 1 fully saturated rings. The molecule has 1 N–H and O–H groups in total. The Labute approximate surface area is 127 Å². The third kappa shape index (κ3) is 9.58. The molecular formula is C19H37N. The van der Waals surface area contributed by atoms with Crippen molar-refractivity contribution in [3.63, 3.8) is 0 Å². The molecule has 0 radical (unpaired) electrons. The summed E-state index contributed by atoms with van der Waals surface area (Å²) in [7, 11) is 0. The van der Waals surface area contributed by atoms with Crippen LogP contribution in [0.15, 0.2) is 12.7 Å². The summed E-state index contributed by atoms with van der Waals surface area (Å²) in [5.74, 6) is 0. The van der Waals surface area contributed by atoms with Gasteiger partial charge in [0.05, 0.1) is 0 Å². The molecule has 1 heterocycles. The Morgan fingerprint density at radius 2 is 1.50 bits per heavy atom. The van der Waals surface area contributed by atoms with E-state index in [-0.39, 0.29) is 0 Å². The first-order chi connectivity index (χ1) is 9.83. The summed E-state index contributed by atoms with van der Waals surface area (Å²) in [5, 5.41) is 3.74. The molecule has 0 aromatic carbocycles. The number of nitrogens with one attached hydrogen (secondary N) is 1. The van der Waals surface area contributed by atoms with Crippen molar-refractivity contribution < 1.29 is 0 Å². The fourth-order valence-corrected chi connectivity index (χ4v) is 3.38. The summed E-state index contributed by atoms with van der Waals surface area (Å²) in [5.41, 5.74) is 0. The van der Waals surface area contributed by atoms with Gasteiger partial charge in [0, 0.05) is 12.1 Å². The van der Waals surface area contributed by atoms with Crippen LogP contribution < -0.4 is 5.32 Å².